The number of halogens is 4. The first-order valence-electron chi connectivity index (χ1n) is 11.3. The lowest BCUT2D eigenvalue weighted by atomic mass is 9.98. The van der Waals surface area contributed by atoms with Crippen LogP contribution >= 0.6 is 0 Å². The van der Waals surface area contributed by atoms with Crippen LogP contribution in [0.25, 0.3) is 16.6 Å². The van der Waals surface area contributed by atoms with Crippen LogP contribution in [0.4, 0.5) is 23.2 Å². The molecule has 182 valence electrons. The van der Waals surface area contributed by atoms with E-state index in [1.807, 2.05) is 13.0 Å². The zero-order valence-electron chi connectivity index (χ0n) is 19.3. The van der Waals surface area contributed by atoms with Gasteiger partial charge in [0.25, 0.3) is 0 Å². The SMILES string of the molecule is Cc1ccc2c(c1)N(C(=O)C(F)(F)F)[C@@H](C)[C@@H]2Oc1ccc2c(cnn2C2=CC=C(F)CC2C)c1. The fourth-order valence-electron chi connectivity index (χ4n) is 4.83. The Balaban J connectivity index is 1.48. The molecule has 0 saturated carbocycles. The first-order valence-corrected chi connectivity index (χ1v) is 11.3. The molecule has 0 saturated heterocycles. The van der Waals surface area contributed by atoms with Crippen molar-refractivity contribution in [1.82, 2.24) is 9.78 Å². The monoisotopic (exact) mass is 485 g/mol. The lowest BCUT2D eigenvalue weighted by Crippen LogP contribution is -2.45. The van der Waals surface area contributed by atoms with E-state index in [-0.39, 0.29) is 17.4 Å². The number of allylic oxidation sites excluding steroid dienone is 4. The van der Waals surface area contributed by atoms with Crippen molar-refractivity contribution >= 4 is 28.2 Å². The maximum absolute atomic E-state index is 13.6. The minimum absolute atomic E-state index is 0.0459. The first-order chi connectivity index (χ1) is 16.5. The molecule has 5 nitrogen and oxygen atoms in total. The van der Waals surface area contributed by atoms with Gasteiger partial charge in [-0.1, -0.05) is 19.1 Å². The highest BCUT2D eigenvalue weighted by Crippen LogP contribution is 2.44. The summed E-state index contributed by atoms with van der Waals surface area (Å²) in [4.78, 5) is 13.0. The van der Waals surface area contributed by atoms with E-state index in [9.17, 15) is 22.4 Å². The van der Waals surface area contributed by atoms with Crippen LogP contribution in [0.15, 0.2) is 60.6 Å². The van der Waals surface area contributed by atoms with Crippen LogP contribution < -0.4 is 9.64 Å². The van der Waals surface area contributed by atoms with Gasteiger partial charge < -0.3 is 4.74 Å². The molecule has 2 aliphatic rings. The Kier molecular flexibility index (Phi) is 5.45. The molecular formula is C26H23F4N3O2. The quantitative estimate of drug-likeness (QED) is 0.398. The number of ether oxygens (including phenoxy) is 1. The van der Waals surface area contributed by atoms with E-state index in [1.54, 1.807) is 61.1 Å². The van der Waals surface area contributed by atoms with Crippen LogP contribution in [0.1, 0.15) is 37.5 Å². The largest absolute Gasteiger partial charge is 0.483 e. The summed E-state index contributed by atoms with van der Waals surface area (Å²) in [6, 6.07) is 9.49. The molecule has 0 bridgehead atoms. The van der Waals surface area contributed by atoms with Gasteiger partial charge in [-0.2, -0.15) is 18.3 Å². The third-order valence-corrected chi connectivity index (χ3v) is 6.55. The number of rotatable bonds is 3. The number of carbonyl (C=O) groups excluding carboxylic acids is 1. The van der Waals surface area contributed by atoms with Crippen molar-refractivity contribution in [2.45, 2.75) is 45.5 Å². The van der Waals surface area contributed by atoms with Crippen LogP contribution in [0.3, 0.4) is 0 Å². The Morgan fingerprint density at radius 2 is 1.89 bits per heavy atom. The van der Waals surface area contributed by atoms with E-state index < -0.39 is 24.2 Å². The van der Waals surface area contributed by atoms with Crippen LogP contribution in [-0.2, 0) is 4.79 Å². The molecule has 2 aromatic carbocycles. The third-order valence-electron chi connectivity index (χ3n) is 6.55. The minimum Gasteiger partial charge on any atom is -0.483 e. The molecule has 1 aliphatic carbocycles. The average molecular weight is 485 g/mol. The molecule has 2 heterocycles. The molecule has 5 rings (SSSR count). The van der Waals surface area contributed by atoms with Gasteiger partial charge in [0.15, 0.2) is 0 Å². The van der Waals surface area contributed by atoms with Crippen molar-refractivity contribution in [2.24, 2.45) is 5.92 Å². The number of amides is 1. The summed E-state index contributed by atoms with van der Waals surface area (Å²) < 4.78 is 61.5. The number of hydrogen-bond acceptors (Lipinski definition) is 3. The summed E-state index contributed by atoms with van der Waals surface area (Å²) in [7, 11) is 0. The van der Waals surface area contributed by atoms with Crippen molar-refractivity contribution in [3.05, 3.63) is 71.7 Å². The van der Waals surface area contributed by atoms with Crippen molar-refractivity contribution < 1.29 is 27.1 Å². The fourth-order valence-corrected chi connectivity index (χ4v) is 4.83. The van der Waals surface area contributed by atoms with Crippen molar-refractivity contribution in [2.75, 3.05) is 4.90 Å². The number of benzene rings is 2. The van der Waals surface area contributed by atoms with Crippen LogP contribution in [-0.4, -0.2) is 27.9 Å². The van der Waals surface area contributed by atoms with Gasteiger partial charge in [-0.05, 0) is 55.8 Å². The normalized spacial score (nSPS) is 22.1. The number of hydrogen-bond donors (Lipinski definition) is 0. The van der Waals surface area contributed by atoms with E-state index >= 15 is 0 Å². The zero-order valence-corrected chi connectivity index (χ0v) is 19.3. The number of aryl methyl sites for hydroxylation is 1. The molecule has 3 atom stereocenters. The Bertz CT molecular complexity index is 1390. The predicted molar refractivity (Wildman–Crippen MR) is 125 cm³/mol. The van der Waals surface area contributed by atoms with E-state index in [0.29, 0.717) is 17.7 Å². The number of carbonyl (C=O) groups is 1. The second kappa shape index (κ2) is 8.25. The second-order valence-corrected chi connectivity index (χ2v) is 9.10. The molecular weight excluding hydrogens is 462 g/mol. The topological polar surface area (TPSA) is 47.4 Å². The van der Waals surface area contributed by atoms with E-state index in [2.05, 4.69) is 5.10 Å². The van der Waals surface area contributed by atoms with Gasteiger partial charge >= 0.3 is 12.1 Å². The van der Waals surface area contributed by atoms with Gasteiger partial charge in [0.05, 0.1) is 23.4 Å². The summed E-state index contributed by atoms with van der Waals surface area (Å²) in [5.41, 5.74) is 3.13. The highest BCUT2D eigenvalue weighted by Gasteiger charge is 2.50. The molecule has 9 heteroatoms. The molecule has 1 aromatic heterocycles. The zero-order chi connectivity index (χ0) is 25.1. The highest BCUT2D eigenvalue weighted by atomic mass is 19.4. The molecule has 1 amide bonds. The molecule has 0 fully saturated rings. The predicted octanol–water partition coefficient (Wildman–Crippen LogP) is 6.50. The maximum Gasteiger partial charge on any atom is 0.471 e. The smallest absolute Gasteiger partial charge is 0.471 e. The van der Waals surface area contributed by atoms with Gasteiger partial charge in [-0.3, -0.25) is 9.69 Å². The minimum atomic E-state index is -5.00. The molecule has 0 N–H and O–H groups in total. The number of alkyl halides is 3. The summed E-state index contributed by atoms with van der Waals surface area (Å²) in [5, 5.41) is 5.22. The average Bonchev–Trinajstić information content (AvgIpc) is 3.31. The van der Waals surface area contributed by atoms with E-state index in [1.165, 1.54) is 6.08 Å². The molecule has 35 heavy (non-hydrogen) atoms. The first kappa shape index (κ1) is 23.1. The Hall–Kier alpha value is -3.62. The highest BCUT2D eigenvalue weighted by molar-refractivity contribution is 6.00. The summed E-state index contributed by atoms with van der Waals surface area (Å²) in [5.74, 6) is -1.69. The van der Waals surface area contributed by atoms with Crippen molar-refractivity contribution in [3.63, 3.8) is 0 Å². The molecule has 0 spiro atoms. The summed E-state index contributed by atoms with van der Waals surface area (Å²) in [6.07, 6.45) is -0.653. The molecule has 0 radical (unpaired) electrons. The van der Waals surface area contributed by atoms with Crippen molar-refractivity contribution in [3.8, 4) is 5.75 Å². The van der Waals surface area contributed by atoms with E-state index in [0.717, 1.165) is 27.1 Å². The maximum atomic E-state index is 13.6. The summed E-state index contributed by atoms with van der Waals surface area (Å²) in [6.45, 7) is 5.23. The van der Waals surface area contributed by atoms with Crippen LogP contribution in [0.5, 0.6) is 5.75 Å². The molecule has 1 aliphatic heterocycles. The number of fused-ring (bicyclic) bond motifs is 2. The Morgan fingerprint density at radius 1 is 1.11 bits per heavy atom. The lowest BCUT2D eigenvalue weighted by Gasteiger charge is -2.26. The van der Waals surface area contributed by atoms with Crippen LogP contribution in [0.2, 0.25) is 0 Å². The Labute approximate surface area is 199 Å². The van der Waals surface area contributed by atoms with Gasteiger partial charge in [0.1, 0.15) is 17.7 Å². The molecule has 3 aromatic rings. The van der Waals surface area contributed by atoms with Crippen molar-refractivity contribution in [1.29, 1.82) is 0 Å². The number of anilines is 1. The van der Waals surface area contributed by atoms with Crippen LogP contribution in [0, 0.1) is 12.8 Å². The number of aromatic nitrogens is 2. The Morgan fingerprint density at radius 3 is 2.60 bits per heavy atom. The standard InChI is InChI=1S/C26H23F4N3O2/c1-14-4-7-20-23(10-14)32(25(34)26(28,29)30)16(3)24(20)35-19-6-9-22-17(12-19)13-31-33(22)21-8-5-18(27)11-15(21)2/h4-10,12-13,15-16,24H,11H2,1-3H3/t15?,16-,24-/m0/s1. The lowest BCUT2D eigenvalue weighted by molar-refractivity contribution is -0.171. The molecule has 1 unspecified atom stereocenters. The third kappa shape index (κ3) is 3.98. The second-order valence-electron chi connectivity index (χ2n) is 9.10. The van der Waals surface area contributed by atoms with Gasteiger partial charge in [-0.25, -0.2) is 9.07 Å². The fraction of sp³-hybridized carbons (Fsp3) is 0.308. The van der Waals surface area contributed by atoms with E-state index in [4.69, 9.17) is 4.74 Å². The van der Waals surface area contributed by atoms with Gasteiger partial charge in [0.2, 0.25) is 0 Å². The summed E-state index contributed by atoms with van der Waals surface area (Å²) >= 11 is 0. The van der Waals surface area contributed by atoms with Gasteiger partial charge in [-0.15, -0.1) is 0 Å². The van der Waals surface area contributed by atoms with Gasteiger partial charge in [0, 0.05) is 29.0 Å². The number of nitrogens with zero attached hydrogens (tertiary/aromatic N) is 3.